The molecule has 1 N–H and O–H groups in total. The van der Waals surface area contributed by atoms with Gasteiger partial charge in [-0.2, -0.15) is 0 Å². The normalized spacial score (nSPS) is 27.5. The van der Waals surface area contributed by atoms with Gasteiger partial charge in [0.2, 0.25) is 5.91 Å². The molecule has 1 aromatic carbocycles. The molecule has 7 heteroatoms. The summed E-state index contributed by atoms with van der Waals surface area (Å²) in [5, 5.41) is 5.11. The van der Waals surface area contributed by atoms with E-state index in [9.17, 15) is 4.79 Å². The van der Waals surface area contributed by atoms with Crippen LogP contribution >= 0.6 is 0 Å². The number of nitrogens with one attached hydrogen (secondary N) is 1. The van der Waals surface area contributed by atoms with Gasteiger partial charge in [-0.05, 0) is 42.2 Å². The Hall–Kier alpha value is -2.77. The Labute approximate surface area is 180 Å². The Morgan fingerprint density at radius 3 is 2.65 bits per heavy atom. The summed E-state index contributed by atoms with van der Waals surface area (Å²) in [6.07, 6.45) is 6.52. The molecule has 0 spiro atoms. The van der Waals surface area contributed by atoms with E-state index >= 15 is 0 Å². The fraction of sp³-hybridized carbons (Fsp3) is 0.458. The maximum atomic E-state index is 13.0. The van der Waals surface area contributed by atoms with E-state index in [0.717, 1.165) is 74.2 Å². The van der Waals surface area contributed by atoms with Crippen LogP contribution < -0.4 is 5.32 Å². The number of benzene rings is 1. The number of nitrogens with zero attached hydrogens (tertiary/aromatic N) is 3. The van der Waals surface area contributed by atoms with Crippen LogP contribution in [0.3, 0.4) is 0 Å². The first-order valence-corrected chi connectivity index (χ1v) is 11.0. The number of morpholine rings is 1. The third-order valence-corrected chi connectivity index (χ3v) is 7.15. The van der Waals surface area contributed by atoms with Crippen molar-refractivity contribution in [2.75, 3.05) is 38.2 Å². The number of ether oxygens (including phenoxy) is 1. The lowest BCUT2D eigenvalue weighted by Gasteiger charge is -2.70. The lowest BCUT2D eigenvalue weighted by Crippen LogP contribution is -2.70. The van der Waals surface area contributed by atoms with Gasteiger partial charge in [-0.15, -0.1) is 0 Å². The summed E-state index contributed by atoms with van der Waals surface area (Å²) < 4.78 is 11.1. The van der Waals surface area contributed by atoms with Crippen LogP contribution in [0.1, 0.15) is 25.2 Å². The van der Waals surface area contributed by atoms with Crippen molar-refractivity contribution < 1.29 is 13.9 Å². The van der Waals surface area contributed by atoms with E-state index in [1.165, 1.54) is 0 Å². The third-order valence-electron chi connectivity index (χ3n) is 7.15. The van der Waals surface area contributed by atoms with E-state index in [1.807, 2.05) is 37.4 Å². The van der Waals surface area contributed by atoms with Gasteiger partial charge in [-0.1, -0.05) is 12.1 Å². The number of aromatic nitrogens is 2. The van der Waals surface area contributed by atoms with Crippen molar-refractivity contribution in [1.29, 1.82) is 0 Å². The molecule has 2 aromatic heterocycles. The number of amides is 1. The molecule has 4 aliphatic rings. The number of anilines is 1. The predicted octanol–water partition coefficient (Wildman–Crippen LogP) is 3.64. The van der Waals surface area contributed by atoms with Gasteiger partial charge in [-0.3, -0.25) is 9.69 Å². The molecule has 7 rings (SSSR count). The molecule has 0 unspecified atom stereocenters. The Morgan fingerprint density at radius 2 is 1.90 bits per heavy atom. The van der Waals surface area contributed by atoms with Crippen molar-refractivity contribution in [2.45, 2.75) is 26.2 Å². The van der Waals surface area contributed by atoms with Crippen molar-refractivity contribution in [1.82, 2.24) is 14.9 Å². The van der Waals surface area contributed by atoms with Gasteiger partial charge in [-0.25, -0.2) is 9.97 Å². The summed E-state index contributed by atoms with van der Waals surface area (Å²) in [6, 6.07) is 8.00. The first-order valence-electron chi connectivity index (χ1n) is 11.0. The molecule has 1 aliphatic heterocycles. The number of aryl methyl sites for hydroxylation is 1. The zero-order valence-electron chi connectivity index (χ0n) is 17.7. The molecule has 3 aromatic rings. The Morgan fingerprint density at radius 1 is 1.10 bits per heavy atom. The number of carbonyl (C=O) groups is 1. The van der Waals surface area contributed by atoms with Crippen LogP contribution in [0.15, 0.2) is 41.1 Å². The fourth-order valence-corrected chi connectivity index (χ4v) is 5.75. The molecule has 160 valence electrons. The van der Waals surface area contributed by atoms with Gasteiger partial charge in [0.05, 0.1) is 24.8 Å². The second-order valence-corrected chi connectivity index (χ2v) is 9.53. The molecular weight excluding hydrogens is 392 g/mol. The number of carbonyl (C=O) groups excluding carboxylic acids is 1. The van der Waals surface area contributed by atoms with E-state index in [2.05, 4.69) is 20.2 Å². The molecular formula is C24H26N4O3. The van der Waals surface area contributed by atoms with Crippen molar-refractivity contribution >= 4 is 22.5 Å². The van der Waals surface area contributed by atoms with Crippen LogP contribution in [0, 0.1) is 17.8 Å². The quantitative estimate of drug-likeness (QED) is 0.681. The average Bonchev–Trinajstić information content (AvgIpc) is 3.16. The summed E-state index contributed by atoms with van der Waals surface area (Å²) in [5.74, 6) is 2.10. The largest absolute Gasteiger partial charge is 0.441 e. The molecule has 3 heterocycles. The summed E-state index contributed by atoms with van der Waals surface area (Å²) in [7, 11) is 0. The molecule has 1 amide bonds. The molecule has 3 aliphatic carbocycles. The van der Waals surface area contributed by atoms with Crippen LogP contribution in [0.25, 0.3) is 22.1 Å². The van der Waals surface area contributed by atoms with Crippen molar-refractivity contribution in [2.24, 2.45) is 10.8 Å². The molecule has 7 nitrogen and oxygen atoms in total. The minimum absolute atomic E-state index is 0.116. The van der Waals surface area contributed by atoms with Gasteiger partial charge in [0.25, 0.3) is 0 Å². The second kappa shape index (κ2) is 6.87. The summed E-state index contributed by atoms with van der Waals surface area (Å²) >= 11 is 0. The van der Waals surface area contributed by atoms with Gasteiger partial charge >= 0.3 is 0 Å². The number of pyridine rings is 1. The zero-order valence-corrected chi connectivity index (χ0v) is 17.7. The van der Waals surface area contributed by atoms with E-state index in [4.69, 9.17) is 9.15 Å². The number of oxazole rings is 1. The van der Waals surface area contributed by atoms with Gasteiger partial charge in [0.1, 0.15) is 5.82 Å². The number of hydrogen-bond donors (Lipinski definition) is 1. The van der Waals surface area contributed by atoms with Crippen molar-refractivity contribution in [3.05, 3.63) is 42.5 Å². The Bertz CT molecular complexity index is 1140. The highest BCUT2D eigenvalue weighted by Crippen LogP contribution is 2.73. The van der Waals surface area contributed by atoms with E-state index in [1.54, 1.807) is 6.20 Å². The fourth-order valence-electron chi connectivity index (χ4n) is 5.75. The number of fused-ring (bicyclic) bond motifs is 1. The van der Waals surface area contributed by atoms with Gasteiger partial charge in [0, 0.05) is 43.7 Å². The smallest absolute Gasteiger partial charge is 0.231 e. The molecule has 1 saturated heterocycles. The van der Waals surface area contributed by atoms with E-state index in [-0.39, 0.29) is 11.3 Å². The summed E-state index contributed by atoms with van der Waals surface area (Å²) in [6.45, 7) is 6.61. The Balaban J connectivity index is 1.14. The first kappa shape index (κ1) is 19.0. The standard InChI is InChI=1S/C24H26N4O3/c1-16-25-11-20(31-16)17-2-3-18-10-26-21(9-19(18)8-17)27-22(29)24-12-23(13-24,14-24)15-28-4-6-30-7-5-28/h2-3,8-11H,4-7,12-15H2,1H3,(H,26,27,29)/t23-,24-. The maximum absolute atomic E-state index is 13.0. The SMILES string of the molecule is Cc1ncc(-c2ccc3cnc(NC(=O)[C@]45C[C@@](CN6CCOCC6)(C4)C5)cc3c2)o1. The van der Waals surface area contributed by atoms with Crippen LogP contribution in [0.5, 0.6) is 0 Å². The van der Waals surface area contributed by atoms with Crippen LogP contribution in [-0.2, 0) is 9.53 Å². The van der Waals surface area contributed by atoms with Crippen LogP contribution in [0.4, 0.5) is 5.82 Å². The zero-order chi connectivity index (χ0) is 21.1. The maximum Gasteiger partial charge on any atom is 0.231 e. The molecule has 0 atom stereocenters. The van der Waals surface area contributed by atoms with Gasteiger partial charge in [0.15, 0.2) is 11.7 Å². The highest BCUT2D eigenvalue weighted by Gasteiger charge is 2.71. The lowest BCUT2D eigenvalue weighted by molar-refractivity contribution is -0.211. The highest BCUT2D eigenvalue weighted by molar-refractivity contribution is 5.98. The van der Waals surface area contributed by atoms with E-state index < -0.39 is 0 Å². The molecule has 4 fully saturated rings. The number of hydrogen-bond acceptors (Lipinski definition) is 6. The first-order chi connectivity index (χ1) is 15.0. The van der Waals surface area contributed by atoms with Gasteiger partial charge < -0.3 is 14.5 Å². The average molecular weight is 418 g/mol. The highest BCUT2D eigenvalue weighted by atomic mass is 16.5. The summed E-state index contributed by atoms with van der Waals surface area (Å²) in [5.41, 5.74) is 1.11. The minimum Gasteiger partial charge on any atom is -0.441 e. The lowest BCUT2D eigenvalue weighted by atomic mass is 9.34. The molecule has 31 heavy (non-hydrogen) atoms. The second-order valence-electron chi connectivity index (χ2n) is 9.53. The third kappa shape index (κ3) is 3.23. The van der Waals surface area contributed by atoms with Crippen molar-refractivity contribution in [3.63, 3.8) is 0 Å². The van der Waals surface area contributed by atoms with Crippen LogP contribution in [0.2, 0.25) is 0 Å². The molecule has 2 bridgehead atoms. The van der Waals surface area contributed by atoms with Crippen LogP contribution in [-0.4, -0.2) is 53.6 Å². The Kier molecular flexibility index (Phi) is 4.20. The molecule has 0 radical (unpaired) electrons. The number of rotatable bonds is 5. The summed E-state index contributed by atoms with van der Waals surface area (Å²) in [4.78, 5) is 24.1. The van der Waals surface area contributed by atoms with Crippen molar-refractivity contribution in [3.8, 4) is 11.3 Å². The predicted molar refractivity (Wildman–Crippen MR) is 117 cm³/mol. The van der Waals surface area contributed by atoms with E-state index in [0.29, 0.717) is 17.1 Å². The monoisotopic (exact) mass is 418 g/mol. The topological polar surface area (TPSA) is 80.5 Å². The minimum atomic E-state index is -0.192. The molecule has 3 saturated carbocycles.